The normalized spacial score (nSPS) is 10.8. The molecule has 0 aliphatic carbocycles. The van der Waals surface area contributed by atoms with Gasteiger partial charge in [-0.15, -0.1) is 0 Å². The van der Waals surface area contributed by atoms with E-state index in [2.05, 4.69) is 51.8 Å². The van der Waals surface area contributed by atoms with Gasteiger partial charge in [-0.1, -0.05) is 16.8 Å². The van der Waals surface area contributed by atoms with Crippen LogP contribution in [0.15, 0.2) is 50.8 Å². The molecule has 2 N–H and O–H groups in total. The number of nitrogens with one attached hydrogen (secondary N) is 2. The Hall–Kier alpha value is -3.05. The molecule has 0 saturated carbocycles. The summed E-state index contributed by atoms with van der Waals surface area (Å²) in [4.78, 5) is 20.9. The van der Waals surface area contributed by atoms with Crippen LogP contribution in [-0.4, -0.2) is 27.4 Å². The first-order chi connectivity index (χ1) is 13.0. The highest BCUT2D eigenvalue weighted by Gasteiger charge is 2.16. The molecule has 9 nitrogen and oxygen atoms in total. The van der Waals surface area contributed by atoms with E-state index in [1.54, 1.807) is 6.07 Å². The smallest absolute Gasteiger partial charge is 0.260 e. The van der Waals surface area contributed by atoms with E-state index in [0.29, 0.717) is 5.69 Å². The lowest BCUT2D eigenvalue weighted by Crippen LogP contribution is -2.14. The van der Waals surface area contributed by atoms with Crippen molar-refractivity contribution < 1.29 is 18.8 Å². The minimum Gasteiger partial charge on any atom is -0.302 e. The molecule has 2 heterocycles. The van der Waals surface area contributed by atoms with E-state index in [1.807, 2.05) is 0 Å². The van der Waals surface area contributed by atoms with E-state index in [-0.39, 0.29) is 26.7 Å². The average Bonchev–Trinajstić information content (AvgIpc) is 3.09. The van der Waals surface area contributed by atoms with Gasteiger partial charge in [0.25, 0.3) is 5.91 Å². The van der Waals surface area contributed by atoms with Crippen LogP contribution in [-0.2, 0) is 4.94 Å². The topological polar surface area (TPSA) is 115 Å². The monoisotopic (exact) mass is 454 g/mol. The zero-order chi connectivity index (χ0) is 19.2. The summed E-state index contributed by atoms with van der Waals surface area (Å²) in [5, 5.41) is 13.3. The molecule has 2 aromatic heterocycles. The third kappa shape index (κ3) is 4.77. The Bertz CT molecular complexity index is 999. The summed E-state index contributed by atoms with van der Waals surface area (Å²) in [5.74, 6) is -0.947. The highest BCUT2D eigenvalue weighted by atomic mass is 79.9. The Kier molecular flexibility index (Phi) is 5.94. The molecule has 0 saturated heterocycles. The number of carbonyl (C=O) groups excluding carboxylic acids is 1. The second-order valence-corrected chi connectivity index (χ2v) is 6.06. The summed E-state index contributed by atoms with van der Waals surface area (Å²) in [6.45, 7) is 0. The van der Waals surface area contributed by atoms with Crippen LogP contribution in [0.2, 0.25) is 5.15 Å². The van der Waals surface area contributed by atoms with Gasteiger partial charge in [0.1, 0.15) is 17.2 Å². The van der Waals surface area contributed by atoms with Gasteiger partial charge in [0.15, 0.2) is 5.69 Å². The molecule has 3 rings (SSSR count). The maximum Gasteiger partial charge on any atom is 0.260 e. The summed E-state index contributed by atoms with van der Waals surface area (Å²) in [5.41, 5.74) is 3.20. The minimum atomic E-state index is -0.548. The van der Waals surface area contributed by atoms with Crippen molar-refractivity contribution in [2.75, 3.05) is 10.8 Å². The number of anilines is 2. The van der Waals surface area contributed by atoms with Crippen molar-refractivity contribution in [1.82, 2.24) is 15.3 Å². The molecule has 138 valence electrons. The van der Waals surface area contributed by atoms with Crippen molar-refractivity contribution in [3.8, 4) is 0 Å². The summed E-state index contributed by atoms with van der Waals surface area (Å²) >= 11 is 8.92. The largest absolute Gasteiger partial charge is 0.302 e. The van der Waals surface area contributed by atoms with Crippen molar-refractivity contribution in [3.05, 3.63) is 63.2 Å². The standard InChI is InChI=1S/C15H9BrClFN6O3/c16-10-6-8(3-4-11(10)18)22-26-20-7-12-14(24-27-23-12)21-15(25)9-2-1-5-19-13(9)17/h1-7,22H,(H,21,24,25)/b20-7+. The maximum absolute atomic E-state index is 13.2. The Morgan fingerprint density at radius 1 is 1.37 bits per heavy atom. The second-order valence-electron chi connectivity index (χ2n) is 4.85. The number of carbonyl (C=O) groups is 1. The summed E-state index contributed by atoms with van der Waals surface area (Å²) in [6, 6.07) is 7.23. The lowest BCUT2D eigenvalue weighted by atomic mass is 10.2. The van der Waals surface area contributed by atoms with E-state index in [0.717, 1.165) is 6.21 Å². The fraction of sp³-hybridized carbons (Fsp3) is 0. The Morgan fingerprint density at radius 2 is 2.22 bits per heavy atom. The van der Waals surface area contributed by atoms with Crippen molar-refractivity contribution >= 4 is 51.2 Å². The molecule has 0 aliphatic heterocycles. The molecule has 12 heteroatoms. The van der Waals surface area contributed by atoms with Crippen LogP contribution in [0.3, 0.4) is 0 Å². The van der Waals surface area contributed by atoms with E-state index in [4.69, 9.17) is 16.5 Å². The fourth-order valence-corrected chi connectivity index (χ4v) is 2.40. The summed E-state index contributed by atoms with van der Waals surface area (Å²) in [7, 11) is 0. The van der Waals surface area contributed by atoms with Gasteiger partial charge in [0, 0.05) is 6.20 Å². The third-order valence-corrected chi connectivity index (χ3v) is 3.97. The number of benzene rings is 1. The molecular weight excluding hydrogens is 447 g/mol. The van der Waals surface area contributed by atoms with Crippen LogP contribution in [0.4, 0.5) is 15.9 Å². The quantitative estimate of drug-likeness (QED) is 0.331. The molecule has 0 atom stereocenters. The molecule has 1 amide bonds. The van der Waals surface area contributed by atoms with Gasteiger partial charge in [-0.3, -0.25) is 9.73 Å². The number of rotatable bonds is 6. The van der Waals surface area contributed by atoms with Crippen molar-refractivity contribution in [2.24, 2.45) is 5.16 Å². The third-order valence-electron chi connectivity index (χ3n) is 3.06. The van der Waals surface area contributed by atoms with E-state index in [9.17, 15) is 9.18 Å². The number of pyridine rings is 1. The van der Waals surface area contributed by atoms with Crippen LogP contribution >= 0.6 is 27.5 Å². The van der Waals surface area contributed by atoms with E-state index >= 15 is 0 Å². The Morgan fingerprint density at radius 3 is 3.00 bits per heavy atom. The number of amides is 1. The first-order valence-corrected chi connectivity index (χ1v) is 8.36. The zero-order valence-corrected chi connectivity index (χ0v) is 15.5. The Balaban J connectivity index is 1.61. The summed E-state index contributed by atoms with van der Waals surface area (Å²) in [6.07, 6.45) is 2.61. The lowest BCUT2D eigenvalue weighted by Gasteiger charge is -2.03. The number of hydrogen-bond acceptors (Lipinski definition) is 8. The molecule has 0 aliphatic rings. The second kappa shape index (κ2) is 8.56. The van der Waals surface area contributed by atoms with Gasteiger partial charge < -0.3 is 5.32 Å². The molecule has 27 heavy (non-hydrogen) atoms. The van der Waals surface area contributed by atoms with Crippen LogP contribution in [0.5, 0.6) is 0 Å². The highest BCUT2D eigenvalue weighted by molar-refractivity contribution is 9.10. The van der Waals surface area contributed by atoms with E-state index < -0.39 is 11.7 Å². The first kappa shape index (κ1) is 18.7. The molecule has 0 bridgehead atoms. The molecule has 0 unspecified atom stereocenters. The summed E-state index contributed by atoms with van der Waals surface area (Å²) < 4.78 is 18.0. The Labute approximate surface area is 164 Å². The number of aromatic nitrogens is 3. The average molecular weight is 456 g/mol. The number of nitrogens with zero attached hydrogens (tertiary/aromatic N) is 4. The maximum atomic E-state index is 13.2. The molecular formula is C15H9BrClFN6O3. The van der Waals surface area contributed by atoms with E-state index in [1.165, 1.54) is 30.5 Å². The lowest BCUT2D eigenvalue weighted by molar-refractivity contribution is 0.102. The van der Waals surface area contributed by atoms with Gasteiger partial charge in [-0.05, 0) is 56.6 Å². The van der Waals surface area contributed by atoms with Gasteiger partial charge in [0.05, 0.1) is 15.7 Å². The van der Waals surface area contributed by atoms with Crippen LogP contribution < -0.4 is 10.8 Å². The van der Waals surface area contributed by atoms with Gasteiger partial charge >= 0.3 is 0 Å². The molecule has 0 fully saturated rings. The van der Waals surface area contributed by atoms with Crippen molar-refractivity contribution in [2.45, 2.75) is 0 Å². The highest BCUT2D eigenvalue weighted by Crippen LogP contribution is 2.20. The zero-order valence-electron chi connectivity index (χ0n) is 13.2. The number of hydrogen-bond donors (Lipinski definition) is 2. The minimum absolute atomic E-state index is 0.0109. The van der Waals surface area contributed by atoms with Crippen molar-refractivity contribution in [3.63, 3.8) is 0 Å². The molecule has 0 radical (unpaired) electrons. The first-order valence-electron chi connectivity index (χ1n) is 7.19. The van der Waals surface area contributed by atoms with Gasteiger partial charge in [0.2, 0.25) is 5.82 Å². The molecule has 0 spiro atoms. The fourth-order valence-electron chi connectivity index (χ4n) is 1.81. The number of halogens is 3. The van der Waals surface area contributed by atoms with Gasteiger partial charge in [-0.25, -0.2) is 14.0 Å². The van der Waals surface area contributed by atoms with Crippen LogP contribution in [0, 0.1) is 5.82 Å². The van der Waals surface area contributed by atoms with Crippen molar-refractivity contribution in [1.29, 1.82) is 0 Å². The van der Waals surface area contributed by atoms with Crippen LogP contribution in [0.25, 0.3) is 0 Å². The van der Waals surface area contributed by atoms with Gasteiger partial charge in [-0.2, -0.15) is 5.48 Å². The number of oxime groups is 1. The predicted octanol–water partition coefficient (Wildman–Crippen LogP) is 3.65. The van der Waals surface area contributed by atoms with Crippen LogP contribution in [0.1, 0.15) is 16.1 Å². The predicted molar refractivity (Wildman–Crippen MR) is 97.9 cm³/mol. The SMILES string of the molecule is O=C(Nc1nonc1/C=N/ONc1ccc(F)c(Br)c1)c1cccnc1Cl. The molecule has 3 aromatic rings. The molecule has 1 aromatic carbocycles.